The van der Waals surface area contributed by atoms with Crippen molar-refractivity contribution in [1.29, 1.82) is 0 Å². The average molecular weight is 733 g/mol. The molecule has 13 heteroatoms. The van der Waals surface area contributed by atoms with Crippen molar-refractivity contribution >= 4 is 17.1 Å². The van der Waals surface area contributed by atoms with Gasteiger partial charge in [-0.2, -0.15) is 8.78 Å². The Morgan fingerprint density at radius 2 is 1.68 bits per heavy atom. The van der Waals surface area contributed by atoms with Crippen molar-refractivity contribution in [2.24, 2.45) is 5.92 Å². The van der Waals surface area contributed by atoms with Crippen LogP contribution in [0.15, 0.2) is 65.1 Å². The van der Waals surface area contributed by atoms with E-state index in [9.17, 15) is 22.4 Å². The number of ether oxygens (including phenoxy) is 3. The number of oxazole rings is 1. The summed E-state index contributed by atoms with van der Waals surface area (Å²) in [4.78, 5) is 24.0. The van der Waals surface area contributed by atoms with Gasteiger partial charge < -0.3 is 23.9 Å². The van der Waals surface area contributed by atoms with Crippen molar-refractivity contribution in [2.45, 2.75) is 65.3 Å². The van der Waals surface area contributed by atoms with Crippen LogP contribution in [-0.2, 0) is 22.7 Å². The van der Waals surface area contributed by atoms with Crippen LogP contribution in [0.1, 0.15) is 41.5 Å². The molecule has 4 heterocycles. The molecule has 53 heavy (non-hydrogen) atoms. The molecular formula is C40H40F4N4O5. The van der Waals surface area contributed by atoms with Gasteiger partial charge in [0.15, 0.2) is 5.58 Å². The number of fused-ring (bicyclic) bond motifs is 1. The minimum absolute atomic E-state index is 0.157. The maximum absolute atomic E-state index is 13.4. The molecule has 2 saturated heterocycles. The number of hydrogen-bond acceptors (Lipinski definition) is 9. The number of esters is 1. The minimum atomic E-state index is -3.09. The Kier molecular flexibility index (Phi) is 10.7. The molecule has 1 N–H and O–H groups in total. The number of alkyl halides is 4. The Morgan fingerprint density at radius 1 is 0.943 bits per heavy atom. The van der Waals surface area contributed by atoms with Crippen molar-refractivity contribution in [1.82, 2.24) is 20.2 Å². The number of pyridine rings is 1. The number of nitrogens with zero attached hydrogens (tertiary/aromatic N) is 3. The molecule has 0 amide bonds. The lowest BCUT2D eigenvalue weighted by Crippen LogP contribution is -2.32. The van der Waals surface area contributed by atoms with E-state index in [2.05, 4.69) is 5.32 Å². The number of halogens is 4. The molecular weight excluding hydrogens is 692 g/mol. The molecule has 9 nitrogen and oxygen atoms in total. The normalized spacial score (nSPS) is 17.7. The molecule has 0 saturated carbocycles. The number of carbonyl (C=O) groups excluding carboxylic acids is 1. The number of methoxy groups -OCH3 is 1. The molecule has 2 atom stereocenters. The van der Waals surface area contributed by atoms with Crippen LogP contribution in [0.3, 0.4) is 0 Å². The molecule has 278 valence electrons. The van der Waals surface area contributed by atoms with E-state index in [0.717, 1.165) is 39.8 Å². The Hall–Kier alpha value is -5.01. The fourth-order valence-corrected chi connectivity index (χ4v) is 7.30. The molecule has 5 aromatic rings. The predicted molar refractivity (Wildman–Crippen MR) is 191 cm³/mol. The van der Waals surface area contributed by atoms with Crippen LogP contribution in [0.2, 0.25) is 0 Å². The number of rotatable bonds is 12. The maximum Gasteiger partial charge on any atom is 0.387 e. The third-order valence-corrected chi connectivity index (χ3v) is 10.2. The summed E-state index contributed by atoms with van der Waals surface area (Å²) in [5.41, 5.74) is 7.82. The highest BCUT2D eigenvalue weighted by atomic mass is 19.3. The monoisotopic (exact) mass is 732 g/mol. The van der Waals surface area contributed by atoms with Crippen molar-refractivity contribution in [3.8, 4) is 45.5 Å². The second-order valence-corrected chi connectivity index (χ2v) is 13.5. The lowest BCUT2D eigenvalue weighted by molar-refractivity contribution is -0.147. The van der Waals surface area contributed by atoms with Gasteiger partial charge in [0.05, 0.1) is 12.8 Å². The number of likely N-dealkylation sites (tertiary alicyclic amines) is 1. The van der Waals surface area contributed by atoms with Gasteiger partial charge in [-0.15, -0.1) is 0 Å². The van der Waals surface area contributed by atoms with Gasteiger partial charge in [-0.25, -0.2) is 18.7 Å². The SMILES string of the molecule is COc1nc(-c2cccc(-c3cccc(-c4nc5cc(COC(=O)[C@@H]6CCCN6)c(OC(F)F)cc5o4)c3C)c2C)ccc1CN1CCC(C(F)F)C1. The van der Waals surface area contributed by atoms with Crippen molar-refractivity contribution in [3.63, 3.8) is 0 Å². The highest BCUT2D eigenvalue weighted by molar-refractivity contribution is 5.84. The van der Waals surface area contributed by atoms with Crippen LogP contribution in [-0.4, -0.2) is 66.7 Å². The highest BCUT2D eigenvalue weighted by Gasteiger charge is 2.30. The lowest BCUT2D eigenvalue weighted by Gasteiger charge is -2.19. The highest BCUT2D eigenvalue weighted by Crippen LogP contribution is 2.39. The molecule has 0 spiro atoms. The fraction of sp³-hybridized carbons (Fsp3) is 0.375. The van der Waals surface area contributed by atoms with E-state index in [1.165, 1.54) is 6.07 Å². The van der Waals surface area contributed by atoms with Crippen molar-refractivity contribution in [3.05, 3.63) is 82.9 Å². The first-order valence-electron chi connectivity index (χ1n) is 17.6. The van der Waals surface area contributed by atoms with E-state index >= 15 is 0 Å². The Morgan fingerprint density at radius 3 is 2.36 bits per heavy atom. The Bertz CT molecular complexity index is 2120. The van der Waals surface area contributed by atoms with Crippen molar-refractivity contribution in [2.75, 3.05) is 26.7 Å². The number of hydrogen-bond donors (Lipinski definition) is 1. The van der Waals surface area contributed by atoms with E-state index in [4.69, 9.17) is 28.6 Å². The number of carbonyl (C=O) groups is 1. The van der Waals surface area contributed by atoms with Crippen LogP contribution in [0.25, 0.3) is 44.9 Å². The second-order valence-electron chi connectivity index (χ2n) is 13.5. The molecule has 2 aliphatic rings. The average Bonchev–Trinajstić information content (AvgIpc) is 3.93. The summed E-state index contributed by atoms with van der Waals surface area (Å²) < 4.78 is 75.3. The van der Waals surface area contributed by atoms with E-state index in [-0.39, 0.29) is 23.5 Å². The molecule has 0 bridgehead atoms. The van der Waals surface area contributed by atoms with Crippen LogP contribution in [0.4, 0.5) is 17.6 Å². The summed E-state index contributed by atoms with van der Waals surface area (Å²) in [5.74, 6) is -0.472. The maximum atomic E-state index is 13.4. The molecule has 0 aliphatic carbocycles. The van der Waals surface area contributed by atoms with Crippen LogP contribution in [0, 0.1) is 19.8 Å². The molecule has 2 aromatic heterocycles. The zero-order chi connectivity index (χ0) is 37.2. The Labute approximate surface area is 304 Å². The number of benzene rings is 3. The standard InChI is InChI=1S/C40H40F4N4O5/c1-22-27(7-4-9-29(22)31-13-12-25(37(46-31)50-3)20-48-16-14-24(19-48)36(41)42)28-8-5-10-30(23(28)2)38-47-33-17-26(21-51-39(49)32-11-6-15-45-32)34(53-40(43)44)18-35(33)52-38/h4-5,7-10,12-13,17-18,24,32,36,40,45H,6,11,14-16,19-21H2,1-3H3/t24?,32-/m0/s1. The smallest absolute Gasteiger partial charge is 0.387 e. The zero-order valence-corrected chi connectivity index (χ0v) is 29.6. The second kappa shape index (κ2) is 15.5. The molecule has 2 fully saturated rings. The van der Waals surface area contributed by atoms with Crippen molar-refractivity contribution < 1.29 is 41.0 Å². The van der Waals surface area contributed by atoms with E-state index < -0.39 is 31.0 Å². The van der Waals surface area contributed by atoms with Gasteiger partial charge in [-0.05, 0) is 86.7 Å². The lowest BCUT2D eigenvalue weighted by atomic mass is 9.90. The fourth-order valence-electron chi connectivity index (χ4n) is 7.30. The third kappa shape index (κ3) is 7.72. The van der Waals surface area contributed by atoms with E-state index in [0.29, 0.717) is 67.6 Å². The topological polar surface area (TPSA) is 99.0 Å². The zero-order valence-electron chi connectivity index (χ0n) is 29.6. The van der Waals surface area contributed by atoms with Crippen LogP contribution >= 0.6 is 0 Å². The quantitative estimate of drug-likeness (QED) is 0.100. The molecule has 2 aliphatic heterocycles. The largest absolute Gasteiger partial charge is 0.481 e. The first-order chi connectivity index (χ1) is 25.6. The van der Waals surface area contributed by atoms with E-state index in [1.807, 2.05) is 67.3 Å². The summed E-state index contributed by atoms with van der Waals surface area (Å²) in [6.07, 6.45) is -0.342. The van der Waals surface area contributed by atoms with Gasteiger partial charge in [0.25, 0.3) is 0 Å². The van der Waals surface area contributed by atoms with Crippen LogP contribution < -0.4 is 14.8 Å². The molecule has 1 unspecified atom stereocenters. The van der Waals surface area contributed by atoms with Gasteiger partial charge in [-0.3, -0.25) is 9.69 Å². The number of nitrogens with one attached hydrogen (secondary N) is 1. The van der Waals surface area contributed by atoms with E-state index in [1.54, 1.807) is 13.2 Å². The summed E-state index contributed by atoms with van der Waals surface area (Å²) in [5, 5.41) is 3.07. The van der Waals surface area contributed by atoms with Gasteiger partial charge in [0.2, 0.25) is 18.2 Å². The van der Waals surface area contributed by atoms with Crippen LogP contribution in [0.5, 0.6) is 11.6 Å². The Balaban J connectivity index is 1.16. The minimum Gasteiger partial charge on any atom is -0.481 e. The molecule has 3 aromatic carbocycles. The van der Waals surface area contributed by atoms with Gasteiger partial charge in [-0.1, -0.05) is 36.4 Å². The first-order valence-corrected chi connectivity index (χ1v) is 17.6. The van der Waals surface area contributed by atoms with Gasteiger partial charge in [0.1, 0.15) is 23.9 Å². The molecule has 7 rings (SSSR count). The summed E-state index contributed by atoms with van der Waals surface area (Å²) in [6, 6.07) is 18.1. The van der Waals surface area contributed by atoms with Gasteiger partial charge in [0, 0.05) is 47.3 Å². The van der Waals surface area contributed by atoms with Gasteiger partial charge >= 0.3 is 12.6 Å². The molecule has 0 radical (unpaired) electrons. The summed E-state index contributed by atoms with van der Waals surface area (Å²) in [6.45, 7) is 2.78. The predicted octanol–water partition coefficient (Wildman–Crippen LogP) is 8.33. The third-order valence-electron chi connectivity index (χ3n) is 10.2. The first kappa shape index (κ1) is 36.4. The number of aromatic nitrogens is 2. The summed E-state index contributed by atoms with van der Waals surface area (Å²) >= 11 is 0. The summed E-state index contributed by atoms with van der Waals surface area (Å²) in [7, 11) is 1.56.